The molecular weight excluding hydrogens is 314 g/mol. The second-order valence-corrected chi connectivity index (χ2v) is 6.28. The van der Waals surface area contributed by atoms with E-state index < -0.39 is 0 Å². The monoisotopic (exact) mass is 333 g/mol. The lowest BCUT2D eigenvalue weighted by molar-refractivity contribution is 0.0891. The zero-order valence-electron chi connectivity index (χ0n) is 13.1. The standard InChI is InChI=1S/C16H20ClN5O/c1-21-15(14(17)9-19-21)16(23)20-13-5-3-7-22(11-13)10-12-4-2-6-18-8-12/h2,4,6,8-9,13H,3,5,7,10-11H2,1H3,(H,20,23)/t13-/m0/s1. The zero-order chi connectivity index (χ0) is 16.2. The van der Waals surface area contributed by atoms with E-state index in [4.69, 9.17) is 11.6 Å². The van der Waals surface area contributed by atoms with Crippen molar-refractivity contribution in [1.82, 2.24) is 25.0 Å². The van der Waals surface area contributed by atoms with E-state index in [0.717, 1.165) is 32.5 Å². The SMILES string of the molecule is Cn1ncc(Cl)c1C(=O)N[C@H]1CCCN(Cc2cccnc2)C1. The molecule has 2 aromatic rings. The number of halogens is 1. The maximum Gasteiger partial charge on any atom is 0.271 e. The van der Waals surface area contributed by atoms with Gasteiger partial charge in [-0.05, 0) is 31.0 Å². The van der Waals surface area contributed by atoms with Gasteiger partial charge in [0, 0.05) is 38.6 Å². The van der Waals surface area contributed by atoms with Gasteiger partial charge in [0.05, 0.1) is 11.2 Å². The van der Waals surface area contributed by atoms with E-state index in [1.807, 2.05) is 12.3 Å². The highest BCUT2D eigenvalue weighted by Gasteiger charge is 2.24. The molecular formula is C16H20ClN5O. The molecule has 1 aliphatic rings. The minimum Gasteiger partial charge on any atom is -0.347 e. The molecule has 1 N–H and O–H groups in total. The summed E-state index contributed by atoms with van der Waals surface area (Å²) in [5.74, 6) is -0.164. The Morgan fingerprint density at radius 2 is 2.35 bits per heavy atom. The molecule has 2 aromatic heterocycles. The number of aryl methyl sites for hydroxylation is 1. The molecule has 1 atom stereocenters. The Hall–Kier alpha value is -1.92. The number of hydrogen-bond donors (Lipinski definition) is 1. The molecule has 0 unspecified atom stereocenters. The smallest absolute Gasteiger partial charge is 0.271 e. The van der Waals surface area contributed by atoms with Crippen molar-refractivity contribution in [2.45, 2.75) is 25.4 Å². The Bertz CT molecular complexity index is 653. The van der Waals surface area contributed by atoms with Crippen molar-refractivity contribution in [3.8, 4) is 0 Å². The molecule has 7 heteroatoms. The molecule has 122 valence electrons. The van der Waals surface area contributed by atoms with E-state index in [1.165, 1.54) is 16.4 Å². The molecule has 3 heterocycles. The van der Waals surface area contributed by atoms with Gasteiger partial charge < -0.3 is 5.32 Å². The number of nitrogens with one attached hydrogen (secondary N) is 1. The van der Waals surface area contributed by atoms with Crippen LogP contribution in [0.25, 0.3) is 0 Å². The van der Waals surface area contributed by atoms with Crippen LogP contribution >= 0.6 is 11.6 Å². The van der Waals surface area contributed by atoms with E-state index in [9.17, 15) is 4.79 Å². The molecule has 0 aliphatic carbocycles. The van der Waals surface area contributed by atoms with Crippen LogP contribution in [0.15, 0.2) is 30.7 Å². The average molecular weight is 334 g/mol. The van der Waals surface area contributed by atoms with E-state index >= 15 is 0 Å². The van der Waals surface area contributed by atoms with Crippen LogP contribution < -0.4 is 5.32 Å². The molecule has 1 fully saturated rings. The molecule has 0 bridgehead atoms. The summed E-state index contributed by atoms with van der Waals surface area (Å²) in [4.78, 5) is 18.9. The van der Waals surface area contributed by atoms with Crippen LogP contribution in [0.1, 0.15) is 28.9 Å². The lowest BCUT2D eigenvalue weighted by Gasteiger charge is -2.33. The summed E-state index contributed by atoms with van der Waals surface area (Å²) in [5, 5.41) is 7.47. The number of hydrogen-bond acceptors (Lipinski definition) is 4. The van der Waals surface area contributed by atoms with Crippen LogP contribution in [-0.2, 0) is 13.6 Å². The summed E-state index contributed by atoms with van der Waals surface area (Å²) < 4.78 is 1.51. The van der Waals surface area contributed by atoms with Crippen LogP contribution in [-0.4, -0.2) is 44.7 Å². The van der Waals surface area contributed by atoms with Crippen molar-refractivity contribution in [2.24, 2.45) is 7.05 Å². The van der Waals surface area contributed by atoms with Crippen LogP contribution in [0, 0.1) is 0 Å². The van der Waals surface area contributed by atoms with E-state index in [0.29, 0.717) is 10.7 Å². The maximum atomic E-state index is 12.4. The molecule has 0 aromatic carbocycles. The van der Waals surface area contributed by atoms with Gasteiger partial charge in [0.15, 0.2) is 0 Å². The number of piperidine rings is 1. The fourth-order valence-electron chi connectivity index (χ4n) is 2.99. The molecule has 6 nitrogen and oxygen atoms in total. The Labute approximate surface area is 140 Å². The van der Waals surface area contributed by atoms with Gasteiger partial charge >= 0.3 is 0 Å². The van der Waals surface area contributed by atoms with Crippen molar-refractivity contribution in [1.29, 1.82) is 0 Å². The highest BCUT2D eigenvalue weighted by Crippen LogP contribution is 2.17. The number of nitrogens with zero attached hydrogens (tertiary/aromatic N) is 4. The molecule has 3 rings (SSSR count). The number of likely N-dealkylation sites (tertiary alicyclic amines) is 1. The minimum absolute atomic E-state index is 0.124. The third-order valence-electron chi connectivity index (χ3n) is 4.08. The van der Waals surface area contributed by atoms with Gasteiger partial charge in [-0.3, -0.25) is 19.4 Å². The third-order valence-corrected chi connectivity index (χ3v) is 4.36. The minimum atomic E-state index is -0.164. The Morgan fingerprint density at radius 3 is 3.04 bits per heavy atom. The number of carbonyl (C=O) groups excluding carboxylic acids is 1. The Kier molecular flexibility index (Phi) is 4.93. The number of amides is 1. The predicted molar refractivity (Wildman–Crippen MR) is 88.2 cm³/mol. The van der Waals surface area contributed by atoms with Gasteiger partial charge in [0.25, 0.3) is 5.91 Å². The molecule has 1 aliphatic heterocycles. The quantitative estimate of drug-likeness (QED) is 0.927. The fraction of sp³-hybridized carbons (Fsp3) is 0.438. The van der Waals surface area contributed by atoms with Crippen LogP contribution in [0.3, 0.4) is 0 Å². The average Bonchev–Trinajstić information content (AvgIpc) is 2.87. The van der Waals surface area contributed by atoms with Gasteiger partial charge in [-0.15, -0.1) is 0 Å². The number of rotatable bonds is 4. The van der Waals surface area contributed by atoms with Gasteiger partial charge in [-0.25, -0.2) is 0 Å². The van der Waals surface area contributed by atoms with E-state index in [2.05, 4.69) is 26.4 Å². The zero-order valence-corrected chi connectivity index (χ0v) is 13.8. The summed E-state index contributed by atoms with van der Waals surface area (Å²) in [6.07, 6.45) is 7.19. The van der Waals surface area contributed by atoms with Crippen LogP contribution in [0.2, 0.25) is 5.02 Å². The normalized spacial score (nSPS) is 18.8. The molecule has 0 spiro atoms. The molecule has 1 saturated heterocycles. The summed E-state index contributed by atoms with van der Waals surface area (Å²) in [6.45, 7) is 2.72. The lowest BCUT2D eigenvalue weighted by Crippen LogP contribution is -2.47. The van der Waals surface area contributed by atoms with Gasteiger partial charge in [0.2, 0.25) is 0 Å². The third kappa shape index (κ3) is 3.89. The molecule has 23 heavy (non-hydrogen) atoms. The molecule has 1 amide bonds. The lowest BCUT2D eigenvalue weighted by atomic mass is 10.0. The van der Waals surface area contributed by atoms with Gasteiger partial charge in [-0.2, -0.15) is 5.10 Å². The van der Waals surface area contributed by atoms with Crippen LogP contribution in [0.4, 0.5) is 0 Å². The Balaban J connectivity index is 1.59. The predicted octanol–water partition coefficient (Wildman–Crippen LogP) is 1.86. The van der Waals surface area contributed by atoms with Crippen molar-refractivity contribution in [2.75, 3.05) is 13.1 Å². The maximum absolute atomic E-state index is 12.4. The first-order chi connectivity index (χ1) is 11.1. The van der Waals surface area contributed by atoms with Crippen molar-refractivity contribution >= 4 is 17.5 Å². The first-order valence-corrected chi connectivity index (χ1v) is 8.11. The highest BCUT2D eigenvalue weighted by atomic mass is 35.5. The Morgan fingerprint density at radius 1 is 1.48 bits per heavy atom. The largest absolute Gasteiger partial charge is 0.347 e. The summed E-state index contributed by atoms with van der Waals surface area (Å²) in [5.41, 5.74) is 1.60. The van der Waals surface area contributed by atoms with E-state index in [-0.39, 0.29) is 11.9 Å². The number of carbonyl (C=O) groups is 1. The van der Waals surface area contributed by atoms with Crippen molar-refractivity contribution in [3.05, 3.63) is 47.0 Å². The molecule has 0 radical (unpaired) electrons. The van der Waals surface area contributed by atoms with Crippen molar-refractivity contribution < 1.29 is 4.79 Å². The summed E-state index contributed by atoms with van der Waals surface area (Å²) in [6, 6.07) is 4.15. The summed E-state index contributed by atoms with van der Waals surface area (Å²) in [7, 11) is 1.72. The fourth-order valence-corrected chi connectivity index (χ4v) is 3.24. The first kappa shape index (κ1) is 16.0. The van der Waals surface area contributed by atoms with Gasteiger partial charge in [0.1, 0.15) is 5.69 Å². The topological polar surface area (TPSA) is 63.1 Å². The summed E-state index contributed by atoms with van der Waals surface area (Å²) >= 11 is 6.03. The molecule has 0 saturated carbocycles. The second kappa shape index (κ2) is 7.10. The number of aromatic nitrogens is 3. The second-order valence-electron chi connectivity index (χ2n) is 5.87. The van der Waals surface area contributed by atoms with E-state index in [1.54, 1.807) is 13.2 Å². The highest BCUT2D eigenvalue weighted by molar-refractivity contribution is 6.33. The first-order valence-electron chi connectivity index (χ1n) is 7.73. The number of pyridine rings is 1. The van der Waals surface area contributed by atoms with Crippen LogP contribution in [0.5, 0.6) is 0 Å². The van der Waals surface area contributed by atoms with Crippen molar-refractivity contribution in [3.63, 3.8) is 0 Å². The van der Waals surface area contributed by atoms with Gasteiger partial charge in [-0.1, -0.05) is 17.7 Å².